The van der Waals surface area contributed by atoms with Crippen molar-refractivity contribution in [3.8, 4) is 0 Å². The molecule has 1 fully saturated rings. The molecule has 1 N–H and O–H groups in total. The number of aryl methyl sites for hydroxylation is 1. The van der Waals surface area contributed by atoms with Crippen LogP contribution in [0.4, 0.5) is 5.69 Å². The summed E-state index contributed by atoms with van der Waals surface area (Å²) in [6.07, 6.45) is 3.30. The maximum absolute atomic E-state index is 13.2. The standard InChI is InChI=1S/C23H29N3O4S2/c1-17-9-11-25(12-10-17)32(29,30)20-7-8-21-18(14-20)4-2-6-23(28)26(21)16-22(27)24-15-19-5-3-13-31-19/h3,5,7-8,13-14,17H,2,4,6,9-12,15-16H2,1H3,(H,24,27). The minimum Gasteiger partial charge on any atom is -0.350 e. The number of anilines is 1. The second kappa shape index (κ2) is 9.72. The second-order valence-electron chi connectivity index (χ2n) is 8.57. The third-order valence-electron chi connectivity index (χ3n) is 6.20. The molecule has 2 amide bonds. The molecule has 0 aliphatic carbocycles. The molecule has 0 unspecified atom stereocenters. The van der Waals surface area contributed by atoms with Gasteiger partial charge >= 0.3 is 0 Å². The molecule has 1 saturated heterocycles. The van der Waals surface area contributed by atoms with E-state index >= 15 is 0 Å². The van der Waals surface area contributed by atoms with Crippen LogP contribution in [0, 0.1) is 5.92 Å². The van der Waals surface area contributed by atoms with E-state index in [9.17, 15) is 18.0 Å². The van der Waals surface area contributed by atoms with Crippen LogP contribution < -0.4 is 10.2 Å². The maximum atomic E-state index is 13.2. The summed E-state index contributed by atoms with van der Waals surface area (Å²) in [4.78, 5) is 28.1. The third-order valence-corrected chi connectivity index (χ3v) is 8.97. The van der Waals surface area contributed by atoms with Gasteiger partial charge in [-0.2, -0.15) is 4.31 Å². The molecule has 3 heterocycles. The molecule has 0 bridgehead atoms. The van der Waals surface area contributed by atoms with E-state index in [-0.39, 0.29) is 23.3 Å². The number of carbonyl (C=O) groups is 2. The van der Waals surface area contributed by atoms with Gasteiger partial charge in [0.1, 0.15) is 6.54 Å². The molecule has 1 aromatic carbocycles. The lowest BCUT2D eigenvalue weighted by atomic mass is 10.0. The number of benzene rings is 1. The largest absolute Gasteiger partial charge is 0.350 e. The van der Waals surface area contributed by atoms with E-state index in [1.165, 1.54) is 4.90 Å². The maximum Gasteiger partial charge on any atom is 0.243 e. The van der Waals surface area contributed by atoms with Crippen LogP contribution in [-0.4, -0.2) is 44.2 Å². The molecule has 0 atom stereocenters. The van der Waals surface area contributed by atoms with Gasteiger partial charge in [0.2, 0.25) is 21.8 Å². The van der Waals surface area contributed by atoms with E-state index in [0.717, 1.165) is 23.3 Å². The fourth-order valence-electron chi connectivity index (χ4n) is 4.23. The number of hydrogen-bond acceptors (Lipinski definition) is 5. The Labute approximate surface area is 193 Å². The zero-order valence-electron chi connectivity index (χ0n) is 18.2. The molecular weight excluding hydrogens is 446 g/mol. The number of nitrogens with one attached hydrogen (secondary N) is 1. The Morgan fingerprint density at radius 1 is 1.19 bits per heavy atom. The first-order valence-electron chi connectivity index (χ1n) is 11.1. The van der Waals surface area contributed by atoms with Crippen molar-refractivity contribution in [2.75, 3.05) is 24.5 Å². The molecule has 32 heavy (non-hydrogen) atoms. The minimum atomic E-state index is -3.57. The van der Waals surface area contributed by atoms with E-state index < -0.39 is 10.0 Å². The lowest BCUT2D eigenvalue weighted by Crippen LogP contribution is -2.40. The molecule has 2 aliphatic heterocycles. The van der Waals surface area contributed by atoms with Crippen LogP contribution in [0.25, 0.3) is 0 Å². The van der Waals surface area contributed by atoms with Crippen LogP contribution in [0.5, 0.6) is 0 Å². The van der Waals surface area contributed by atoms with Crippen LogP contribution in [0.1, 0.15) is 43.0 Å². The summed E-state index contributed by atoms with van der Waals surface area (Å²) in [6.45, 7) is 3.57. The van der Waals surface area contributed by atoms with E-state index in [0.29, 0.717) is 50.5 Å². The number of amides is 2. The highest BCUT2D eigenvalue weighted by molar-refractivity contribution is 7.89. The SMILES string of the molecule is CC1CCN(S(=O)(=O)c2ccc3c(c2)CCCC(=O)N3CC(=O)NCc2cccs2)CC1. The average Bonchev–Trinajstić information content (AvgIpc) is 3.25. The predicted octanol–water partition coefficient (Wildman–Crippen LogP) is 3.15. The van der Waals surface area contributed by atoms with Crippen molar-refractivity contribution in [2.45, 2.75) is 50.5 Å². The Bertz CT molecular complexity index is 1070. The zero-order valence-corrected chi connectivity index (χ0v) is 19.9. The van der Waals surface area contributed by atoms with Gasteiger partial charge in [-0.1, -0.05) is 13.0 Å². The Morgan fingerprint density at radius 3 is 2.69 bits per heavy atom. The van der Waals surface area contributed by atoms with Gasteiger partial charge < -0.3 is 10.2 Å². The number of piperidine rings is 1. The molecule has 4 rings (SSSR count). The predicted molar refractivity (Wildman–Crippen MR) is 125 cm³/mol. The highest BCUT2D eigenvalue weighted by Gasteiger charge is 2.30. The molecule has 9 heteroatoms. The monoisotopic (exact) mass is 475 g/mol. The summed E-state index contributed by atoms with van der Waals surface area (Å²) in [7, 11) is -3.57. The molecule has 2 aromatic rings. The molecular formula is C23H29N3O4S2. The fourth-order valence-corrected chi connectivity index (χ4v) is 6.40. The van der Waals surface area contributed by atoms with Gasteiger partial charge in [0.25, 0.3) is 0 Å². The van der Waals surface area contributed by atoms with E-state index in [1.807, 2.05) is 17.5 Å². The number of thiophene rings is 1. The van der Waals surface area contributed by atoms with Crippen molar-refractivity contribution in [3.63, 3.8) is 0 Å². The van der Waals surface area contributed by atoms with Crippen molar-refractivity contribution in [3.05, 3.63) is 46.2 Å². The van der Waals surface area contributed by atoms with Crippen LogP contribution in [0.3, 0.4) is 0 Å². The first-order chi connectivity index (χ1) is 15.3. The van der Waals surface area contributed by atoms with Crippen molar-refractivity contribution in [1.29, 1.82) is 0 Å². The minimum absolute atomic E-state index is 0.0761. The first-order valence-corrected chi connectivity index (χ1v) is 13.4. The number of hydrogen-bond donors (Lipinski definition) is 1. The number of fused-ring (bicyclic) bond motifs is 1. The van der Waals surface area contributed by atoms with Gasteiger partial charge in [0.05, 0.1) is 11.4 Å². The molecule has 7 nitrogen and oxygen atoms in total. The van der Waals surface area contributed by atoms with Gasteiger partial charge in [-0.3, -0.25) is 9.59 Å². The third kappa shape index (κ3) is 5.05. The second-order valence-corrected chi connectivity index (χ2v) is 11.5. The molecule has 0 radical (unpaired) electrons. The normalized spacial score (nSPS) is 18.3. The van der Waals surface area contributed by atoms with Crippen LogP contribution in [-0.2, 0) is 32.6 Å². The molecule has 2 aliphatic rings. The number of nitrogens with zero attached hydrogens (tertiary/aromatic N) is 2. The van der Waals surface area contributed by atoms with Crippen molar-refractivity contribution in [2.24, 2.45) is 5.92 Å². The molecule has 172 valence electrons. The summed E-state index contributed by atoms with van der Waals surface area (Å²) in [5, 5.41) is 4.81. The van der Waals surface area contributed by atoms with Crippen molar-refractivity contribution < 1.29 is 18.0 Å². The van der Waals surface area contributed by atoms with Gasteiger partial charge in [0.15, 0.2) is 0 Å². The number of rotatable bonds is 6. The van der Waals surface area contributed by atoms with Gasteiger partial charge in [-0.25, -0.2) is 8.42 Å². The highest BCUT2D eigenvalue weighted by atomic mass is 32.2. The Hall–Kier alpha value is -2.23. The summed E-state index contributed by atoms with van der Waals surface area (Å²) in [5.41, 5.74) is 1.43. The molecule has 0 saturated carbocycles. The van der Waals surface area contributed by atoms with Crippen LogP contribution in [0.2, 0.25) is 0 Å². The number of sulfonamides is 1. The fraction of sp³-hybridized carbons (Fsp3) is 0.478. The van der Waals surface area contributed by atoms with E-state index in [4.69, 9.17) is 0 Å². The van der Waals surface area contributed by atoms with Crippen molar-refractivity contribution >= 4 is 38.9 Å². The Kier molecular flexibility index (Phi) is 6.97. The summed E-state index contributed by atoms with van der Waals surface area (Å²) >= 11 is 1.56. The van der Waals surface area contributed by atoms with Gasteiger partial charge in [-0.05, 0) is 66.8 Å². The quantitative estimate of drug-likeness (QED) is 0.695. The first kappa shape index (κ1) is 22.9. The zero-order chi connectivity index (χ0) is 22.7. The van der Waals surface area contributed by atoms with E-state index in [1.54, 1.807) is 33.8 Å². The highest BCUT2D eigenvalue weighted by Crippen LogP contribution is 2.31. The lowest BCUT2D eigenvalue weighted by molar-refractivity contribution is -0.123. The topological polar surface area (TPSA) is 86.8 Å². The lowest BCUT2D eigenvalue weighted by Gasteiger charge is -2.30. The van der Waals surface area contributed by atoms with Gasteiger partial charge in [0, 0.05) is 30.1 Å². The average molecular weight is 476 g/mol. The summed E-state index contributed by atoms with van der Waals surface area (Å²) in [6, 6.07) is 8.82. The van der Waals surface area contributed by atoms with Gasteiger partial charge in [-0.15, -0.1) is 11.3 Å². The Balaban J connectivity index is 1.53. The van der Waals surface area contributed by atoms with Crippen molar-refractivity contribution in [1.82, 2.24) is 9.62 Å². The smallest absolute Gasteiger partial charge is 0.243 e. The molecule has 0 spiro atoms. The number of carbonyl (C=O) groups excluding carboxylic acids is 2. The molecule has 1 aromatic heterocycles. The van der Waals surface area contributed by atoms with Crippen LogP contribution >= 0.6 is 11.3 Å². The summed E-state index contributed by atoms with van der Waals surface area (Å²) in [5.74, 6) is 0.188. The summed E-state index contributed by atoms with van der Waals surface area (Å²) < 4.78 is 27.9. The Morgan fingerprint density at radius 2 is 1.97 bits per heavy atom. The van der Waals surface area contributed by atoms with E-state index in [2.05, 4.69) is 12.2 Å². The van der Waals surface area contributed by atoms with Crippen LogP contribution in [0.15, 0.2) is 40.6 Å².